The number of aryl methyl sites for hydroxylation is 1. The number of hydrogen-bond acceptors (Lipinski definition) is 4. The van der Waals surface area contributed by atoms with Gasteiger partial charge in [-0.1, -0.05) is 6.07 Å². The van der Waals surface area contributed by atoms with Crippen LogP contribution in [-0.2, 0) is 6.42 Å². The molecule has 6 nitrogen and oxygen atoms in total. The lowest BCUT2D eigenvalue weighted by molar-refractivity contribution is 0.0953. The molecule has 124 valence electrons. The highest BCUT2D eigenvalue weighted by Crippen LogP contribution is 2.19. The Morgan fingerprint density at radius 1 is 1.33 bits per heavy atom. The Morgan fingerprint density at radius 3 is 2.88 bits per heavy atom. The first-order valence-corrected chi connectivity index (χ1v) is 8.09. The number of carbonyl (C=O) groups excluding carboxylic acids is 1. The Kier molecular flexibility index (Phi) is 4.55. The number of fused-ring (bicyclic) bond motifs is 1. The van der Waals surface area contributed by atoms with E-state index in [9.17, 15) is 4.79 Å². The van der Waals surface area contributed by atoms with Gasteiger partial charge in [-0.15, -0.1) is 0 Å². The minimum absolute atomic E-state index is 0.116. The third kappa shape index (κ3) is 3.27. The summed E-state index contributed by atoms with van der Waals surface area (Å²) in [6.45, 7) is 6.51. The van der Waals surface area contributed by atoms with Gasteiger partial charge in [0.15, 0.2) is 5.65 Å². The molecule has 3 heterocycles. The van der Waals surface area contributed by atoms with Gasteiger partial charge in [0.25, 0.3) is 5.91 Å². The van der Waals surface area contributed by atoms with Crippen LogP contribution in [-0.4, -0.2) is 32.2 Å². The summed E-state index contributed by atoms with van der Waals surface area (Å²) in [6, 6.07) is 7.86. The molecule has 3 aromatic heterocycles. The summed E-state index contributed by atoms with van der Waals surface area (Å²) in [5.41, 5.74) is 3.07. The zero-order valence-electron chi connectivity index (χ0n) is 14.2. The topological polar surface area (TPSA) is 72.7 Å². The number of nitrogens with zero attached hydrogens (tertiary/aromatic N) is 4. The zero-order chi connectivity index (χ0) is 17.1. The highest BCUT2D eigenvalue weighted by molar-refractivity contribution is 5.98. The summed E-state index contributed by atoms with van der Waals surface area (Å²) < 4.78 is 1.87. The second-order valence-electron chi connectivity index (χ2n) is 6.04. The summed E-state index contributed by atoms with van der Waals surface area (Å²) in [5, 5.41) is 8.17. The van der Waals surface area contributed by atoms with Crippen molar-refractivity contribution in [2.24, 2.45) is 0 Å². The second-order valence-corrected chi connectivity index (χ2v) is 6.04. The van der Waals surface area contributed by atoms with Crippen molar-refractivity contribution in [2.75, 3.05) is 6.54 Å². The van der Waals surface area contributed by atoms with E-state index in [0.717, 1.165) is 16.7 Å². The fraction of sp³-hybridized carbons (Fsp3) is 0.333. The van der Waals surface area contributed by atoms with E-state index >= 15 is 0 Å². The zero-order valence-corrected chi connectivity index (χ0v) is 14.2. The summed E-state index contributed by atoms with van der Waals surface area (Å²) in [4.78, 5) is 21.3. The third-order valence-corrected chi connectivity index (χ3v) is 3.89. The highest BCUT2D eigenvalue weighted by Gasteiger charge is 2.15. The van der Waals surface area contributed by atoms with Crippen LogP contribution in [0.15, 0.2) is 36.7 Å². The summed E-state index contributed by atoms with van der Waals surface area (Å²) >= 11 is 0. The third-order valence-electron chi connectivity index (χ3n) is 3.89. The molecule has 0 radical (unpaired) electrons. The fourth-order valence-corrected chi connectivity index (χ4v) is 2.62. The van der Waals surface area contributed by atoms with E-state index in [1.165, 1.54) is 0 Å². The van der Waals surface area contributed by atoms with Crippen molar-refractivity contribution >= 4 is 16.9 Å². The van der Waals surface area contributed by atoms with Crippen molar-refractivity contribution in [2.45, 2.75) is 33.2 Å². The first kappa shape index (κ1) is 16.1. The molecule has 24 heavy (non-hydrogen) atoms. The van der Waals surface area contributed by atoms with Gasteiger partial charge in [-0.25, -0.2) is 9.67 Å². The van der Waals surface area contributed by atoms with E-state index in [4.69, 9.17) is 0 Å². The van der Waals surface area contributed by atoms with Crippen molar-refractivity contribution < 1.29 is 4.79 Å². The summed E-state index contributed by atoms with van der Waals surface area (Å²) in [5.74, 6) is -0.116. The van der Waals surface area contributed by atoms with Crippen LogP contribution in [0.3, 0.4) is 0 Å². The van der Waals surface area contributed by atoms with Gasteiger partial charge in [-0.2, -0.15) is 5.10 Å². The van der Waals surface area contributed by atoms with Gasteiger partial charge >= 0.3 is 0 Å². The van der Waals surface area contributed by atoms with Crippen LogP contribution in [0.2, 0.25) is 0 Å². The van der Waals surface area contributed by atoms with E-state index in [1.54, 1.807) is 12.4 Å². The van der Waals surface area contributed by atoms with E-state index in [2.05, 4.69) is 34.2 Å². The molecule has 0 aromatic carbocycles. The molecule has 1 N–H and O–H groups in total. The van der Waals surface area contributed by atoms with Crippen molar-refractivity contribution in [3.8, 4) is 0 Å². The number of amides is 1. The van der Waals surface area contributed by atoms with E-state index < -0.39 is 0 Å². The maximum Gasteiger partial charge on any atom is 0.253 e. The molecule has 0 aliphatic heterocycles. The molecule has 1 amide bonds. The van der Waals surface area contributed by atoms with Crippen molar-refractivity contribution in [3.05, 3.63) is 53.6 Å². The van der Waals surface area contributed by atoms with Gasteiger partial charge in [0, 0.05) is 36.3 Å². The molecular formula is C18H21N5O. The molecule has 0 unspecified atom stereocenters. The average Bonchev–Trinajstić information content (AvgIpc) is 2.98. The maximum atomic E-state index is 12.4. The van der Waals surface area contributed by atoms with Gasteiger partial charge in [0.1, 0.15) is 0 Å². The molecule has 0 fully saturated rings. The van der Waals surface area contributed by atoms with Crippen molar-refractivity contribution in [1.82, 2.24) is 25.1 Å². The molecular weight excluding hydrogens is 302 g/mol. The first-order chi connectivity index (χ1) is 11.6. The largest absolute Gasteiger partial charge is 0.352 e. The van der Waals surface area contributed by atoms with Crippen LogP contribution in [0.25, 0.3) is 11.0 Å². The van der Waals surface area contributed by atoms with Crippen LogP contribution in [0, 0.1) is 6.92 Å². The standard InChI is InChI=1S/C18H21N5O/c1-12(2)23-17-14(11-21-23)10-16(13(3)22-17)18(24)20-9-7-15-6-4-5-8-19-15/h4-6,8,10-12H,7,9H2,1-3H3,(H,20,24). The quantitative estimate of drug-likeness (QED) is 0.783. The van der Waals surface area contributed by atoms with Crippen LogP contribution in [0.5, 0.6) is 0 Å². The van der Waals surface area contributed by atoms with Crippen LogP contribution in [0.1, 0.15) is 41.6 Å². The fourth-order valence-electron chi connectivity index (χ4n) is 2.62. The SMILES string of the molecule is Cc1nc2c(cnn2C(C)C)cc1C(=O)NCCc1ccccn1. The Bertz CT molecular complexity index is 854. The summed E-state index contributed by atoms with van der Waals surface area (Å²) in [6.07, 6.45) is 4.21. The molecule has 0 atom stereocenters. The Balaban J connectivity index is 1.74. The molecule has 0 saturated heterocycles. The number of pyridine rings is 2. The van der Waals surface area contributed by atoms with Gasteiger partial charge in [-0.3, -0.25) is 9.78 Å². The van der Waals surface area contributed by atoms with Crippen molar-refractivity contribution in [1.29, 1.82) is 0 Å². The Hall–Kier alpha value is -2.76. The molecule has 0 saturated carbocycles. The average molecular weight is 323 g/mol. The normalized spacial score (nSPS) is 11.2. The summed E-state index contributed by atoms with van der Waals surface area (Å²) in [7, 11) is 0. The minimum atomic E-state index is -0.116. The molecule has 3 rings (SSSR count). The van der Waals surface area contributed by atoms with E-state index in [1.807, 2.05) is 35.9 Å². The Morgan fingerprint density at radius 2 is 2.17 bits per heavy atom. The van der Waals surface area contributed by atoms with E-state index in [-0.39, 0.29) is 11.9 Å². The number of hydrogen-bond donors (Lipinski definition) is 1. The first-order valence-electron chi connectivity index (χ1n) is 8.09. The molecule has 0 bridgehead atoms. The molecule has 0 aliphatic rings. The second kappa shape index (κ2) is 6.78. The predicted molar refractivity (Wildman–Crippen MR) is 92.9 cm³/mol. The van der Waals surface area contributed by atoms with Gasteiger partial charge in [0.05, 0.1) is 17.5 Å². The molecule has 0 spiro atoms. The van der Waals surface area contributed by atoms with Crippen molar-refractivity contribution in [3.63, 3.8) is 0 Å². The van der Waals surface area contributed by atoms with E-state index in [0.29, 0.717) is 24.2 Å². The lowest BCUT2D eigenvalue weighted by Gasteiger charge is -2.10. The predicted octanol–water partition coefficient (Wildman–Crippen LogP) is 2.69. The lowest BCUT2D eigenvalue weighted by Crippen LogP contribution is -2.26. The van der Waals surface area contributed by atoms with Crippen LogP contribution >= 0.6 is 0 Å². The Labute approximate surface area is 140 Å². The number of rotatable bonds is 5. The number of aromatic nitrogens is 4. The smallest absolute Gasteiger partial charge is 0.253 e. The number of carbonyl (C=O) groups is 1. The molecule has 3 aromatic rings. The minimum Gasteiger partial charge on any atom is -0.352 e. The monoisotopic (exact) mass is 323 g/mol. The highest BCUT2D eigenvalue weighted by atomic mass is 16.1. The molecule has 0 aliphatic carbocycles. The van der Waals surface area contributed by atoms with Gasteiger partial charge < -0.3 is 5.32 Å². The van der Waals surface area contributed by atoms with Crippen LogP contribution < -0.4 is 5.32 Å². The maximum absolute atomic E-state index is 12.4. The van der Waals surface area contributed by atoms with Crippen LogP contribution in [0.4, 0.5) is 0 Å². The number of nitrogens with one attached hydrogen (secondary N) is 1. The lowest BCUT2D eigenvalue weighted by atomic mass is 10.1. The van der Waals surface area contributed by atoms with Gasteiger partial charge in [0.2, 0.25) is 0 Å². The van der Waals surface area contributed by atoms with Gasteiger partial charge in [-0.05, 0) is 39.0 Å². The molecule has 6 heteroatoms.